The van der Waals surface area contributed by atoms with Crippen LogP contribution in [0.3, 0.4) is 0 Å². The molecule has 1 aliphatic heterocycles. The maximum atomic E-state index is 11.7. The van der Waals surface area contributed by atoms with Crippen molar-refractivity contribution in [2.24, 2.45) is 10.7 Å². The normalized spacial score (nSPS) is 24.1. The minimum Gasteiger partial charge on any atom is -0.444 e. The highest BCUT2D eigenvalue weighted by atomic mass is 16.5. The molecule has 0 aliphatic carbocycles. The monoisotopic (exact) mass is 218 g/mol. The Hall–Kier alpha value is -1.84. The van der Waals surface area contributed by atoms with E-state index in [4.69, 9.17) is 10.5 Å². The zero-order valence-corrected chi connectivity index (χ0v) is 9.36. The molecule has 2 N–H and O–H groups in total. The summed E-state index contributed by atoms with van der Waals surface area (Å²) in [6.45, 7) is 3.76. The second-order valence-corrected chi connectivity index (χ2v) is 3.94. The minimum atomic E-state index is -1.06. The molecule has 1 amide bonds. The van der Waals surface area contributed by atoms with Crippen molar-refractivity contribution in [3.8, 4) is 0 Å². The lowest BCUT2D eigenvalue weighted by Gasteiger charge is -2.21. The summed E-state index contributed by atoms with van der Waals surface area (Å²) < 4.78 is 5.30. The van der Waals surface area contributed by atoms with Crippen LogP contribution in [0.2, 0.25) is 0 Å². The van der Waals surface area contributed by atoms with Crippen LogP contribution < -0.4 is 5.73 Å². The Bertz CT molecular complexity index is 451. The van der Waals surface area contributed by atoms with Crippen molar-refractivity contribution in [3.05, 3.63) is 35.4 Å². The first-order valence-corrected chi connectivity index (χ1v) is 5.23. The fraction of sp³-hybridized carbons (Fsp3) is 0.333. The molecule has 0 fully saturated rings. The Morgan fingerprint density at radius 3 is 2.44 bits per heavy atom. The van der Waals surface area contributed by atoms with Gasteiger partial charge in [0.1, 0.15) is 0 Å². The highest BCUT2D eigenvalue weighted by Gasteiger charge is 2.43. The molecule has 2 rings (SSSR count). The van der Waals surface area contributed by atoms with Crippen LogP contribution in [0.25, 0.3) is 0 Å². The second kappa shape index (κ2) is 3.63. The molecule has 0 saturated heterocycles. The summed E-state index contributed by atoms with van der Waals surface area (Å²) in [5.41, 5.74) is 6.33. The number of hydrogen-bond acceptors (Lipinski definition) is 3. The zero-order valence-electron chi connectivity index (χ0n) is 9.36. The molecule has 0 bridgehead atoms. The van der Waals surface area contributed by atoms with E-state index < -0.39 is 5.60 Å². The third kappa shape index (κ3) is 1.56. The number of hydrogen-bond donors (Lipinski definition) is 1. The molecule has 4 heteroatoms. The van der Waals surface area contributed by atoms with Crippen LogP contribution in [-0.2, 0) is 21.6 Å². The molecule has 1 atom stereocenters. The van der Waals surface area contributed by atoms with Gasteiger partial charge in [0.2, 0.25) is 5.60 Å². The summed E-state index contributed by atoms with van der Waals surface area (Å²) in [5, 5.41) is 0. The van der Waals surface area contributed by atoms with Crippen molar-refractivity contribution in [1.29, 1.82) is 0 Å². The third-order valence-electron chi connectivity index (χ3n) is 2.84. The predicted molar refractivity (Wildman–Crippen MR) is 60.9 cm³/mol. The number of aryl methyl sites for hydroxylation is 1. The molecule has 1 heterocycles. The van der Waals surface area contributed by atoms with Gasteiger partial charge in [-0.25, -0.2) is 0 Å². The number of nitrogens with zero attached hydrogens (tertiary/aromatic N) is 1. The van der Waals surface area contributed by atoms with Gasteiger partial charge in [0.05, 0.1) is 0 Å². The third-order valence-corrected chi connectivity index (χ3v) is 2.84. The van der Waals surface area contributed by atoms with Gasteiger partial charge in [0, 0.05) is 5.56 Å². The van der Waals surface area contributed by atoms with E-state index >= 15 is 0 Å². The van der Waals surface area contributed by atoms with Gasteiger partial charge in [-0.3, -0.25) is 4.79 Å². The minimum absolute atomic E-state index is 0.0629. The average molecular weight is 218 g/mol. The summed E-state index contributed by atoms with van der Waals surface area (Å²) in [4.78, 5) is 15.3. The largest absolute Gasteiger partial charge is 0.444 e. The summed E-state index contributed by atoms with van der Waals surface area (Å²) in [6, 6.07) is 7.65. The van der Waals surface area contributed by atoms with E-state index in [0.717, 1.165) is 12.0 Å². The fourth-order valence-corrected chi connectivity index (χ4v) is 1.72. The van der Waals surface area contributed by atoms with E-state index in [1.807, 2.05) is 24.3 Å². The molecule has 0 aromatic heterocycles. The van der Waals surface area contributed by atoms with Crippen molar-refractivity contribution in [1.82, 2.24) is 0 Å². The second-order valence-electron chi connectivity index (χ2n) is 3.94. The van der Waals surface area contributed by atoms with Gasteiger partial charge in [0.25, 0.3) is 11.9 Å². The summed E-state index contributed by atoms with van der Waals surface area (Å²) in [5.74, 6) is -0.353. The van der Waals surface area contributed by atoms with Crippen molar-refractivity contribution >= 4 is 11.9 Å². The molecule has 16 heavy (non-hydrogen) atoms. The van der Waals surface area contributed by atoms with Gasteiger partial charge in [-0.05, 0) is 18.9 Å². The molecule has 84 valence electrons. The SMILES string of the molecule is CCc1ccc(C2(C)OC(N)=NC2=O)cc1. The molecule has 1 aromatic rings. The Morgan fingerprint density at radius 2 is 2.00 bits per heavy atom. The van der Waals surface area contributed by atoms with Gasteiger partial charge >= 0.3 is 0 Å². The Labute approximate surface area is 94.1 Å². The number of rotatable bonds is 2. The first kappa shape index (κ1) is 10.7. The molecular weight excluding hydrogens is 204 g/mol. The van der Waals surface area contributed by atoms with E-state index in [0.29, 0.717) is 0 Å². The van der Waals surface area contributed by atoms with E-state index in [1.54, 1.807) is 6.92 Å². The molecular formula is C12H14N2O2. The maximum Gasteiger partial charge on any atom is 0.298 e. The molecule has 1 aliphatic rings. The highest BCUT2D eigenvalue weighted by molar-refractivity contribution is 6.01. The van der Waals surface area contributed by atoms with Crippen LogP contribution in [-0.4, -0.2) is 11.9 Å². The van der Waals surface area contributed by atoms with E-state index in [-0.39, 0.29) is 11.9 Å². The Morgan fingerprint density at radius 1 is 1.38 bits per heavy atom. The number of aliphatic imine (C=N–C) groups is 1. The lowest BCUT2D eigenvalue weighted by Crippen LogP contribution is -2.31. The van der Waals surface area contributed by atoms with E-state index in [1.165, 1.54) is 5.56 Å². The number of nitrogens with two attached hydrogens (primary N) is 1. The van der Waals surface area contributed by atoms with Gasteiger partial charge in [0.15, 0.2) is 0 Å². The molecule has 4 nitrogen and oxygen atoms in total. The molecule has 0 saturated carbocycles. The van der Waals surface area contributed by atoms with E-state index in [2.05, 4.69) is 11.9 Å². The Kier molecular flexibility index (Phi) is 2.42. The smallest absolute Gasteiger partial charge is 0.298 e. The van der Waals surface area contributed by atoms with Gasteiger partial charge < -0.3 is 10.5 Å². The topological polar surface area (TPSA) is 64.7 Å². The number of ether oxygens (including phenoxy) is 1. The van der Waals surface area contributed by atoms with E-state index in [9.17, 15) is 4.79 Å². The number of amides is 1. The van der Waals surface area contributed by atoms with Crippen LogP contribution in [0, 0.1) is 0 Å². The van der Waals surface area contributed by atoms with Crippen LogP contribution in [0.5, 0.6) is 0 Å². The maximum absolute atomic E-state index is 11.7. The summed E-state index contributed by atoms with van der Waals surface area (Å²) >= 11 is 0. The predicted octanol–water partition coefficient (Wildman–Crippen LogP) is 1.34. The summed E-state index contributed by atoms with van der Waals surface area (Å²) in [6.07, 6.45) is 0.963. The fourth-order valence-electron chi connectivity index (χ4n) is 1.72. The lowest BCUT2D eigenvalue weighted by atomic mass is 9.94. The van der Waals surface area contributed by atoms with Crippen molar-refractivity contribution in [2.45, 2.75) is 25.9 Å². The van der Waals surface area contributed by atoms with Crippen LogP contribution in [0.15, 0.2) is 29.3 Å². The summed E-state index contributed by atoms with van der Waals surface area (Å²) in [7, 11) is 0. The number of carbonyl (C=O) groups excluding carboxylic acids is 1. The van der Waals surface area contributed by atoms with Gasteiger partial charge in [-0.15, -0.1) is 0 Å². The Balaban J connectivity index is 2.34. The highest BCUT2D eigenvalue weighted by Crippen LogP contribution is 2.30. The zero-order chi connectivity index (χ0) is 11.8. The number of carbonyl (C=O) groups is 1. The van der Waals surface area contributed by atoms with Gasteiger partial charge in [-0.2, -0.15) is 4.99 Å². The van der Waals surface area contributed by atoms with Crippen molar-refractivity contribution in [2.75, 3.05) is 0 Å². The number of amidine groups is 1. The molecule has 0 radical (unpaired) electrons. The molecule has 0 spiro atoms. The van der Waals surface area contributed by atoms with Crippen LogP contribution in [0.4, 0.5) is 0 Å². The standard InChI is InChI=1S/C12H14N2O2/c1-3-8-4-6-9(7-5-8)12(2)10(15)14-11(13)16-12/h4-7H,3H2,1-2H3,(H2,13,14,15). The van der Waals surface area contributed by atoms with Crippen molar-refractivity contribution < 1.29 is 9.53 Å². The molecule has 1 unspecified atom stereocenters. The van der Waals surface area contributed by atoms with Crippen LogP contribution in [0.1, 0.15) is 25.0 Å². The quantitative estimate of drug-likeness (QED) is 0.814. The average Bonchev–Trinajstić information content (AvgIpc) is 2.54. The first-order chi connectivity index (χ1) is 7.56. The van der Waals surface area contributed by atoms with Gasteiger partial charge in [-0.1, -0.05) is 31.2 Å². The molecule has 1 aromatic carbocycles. The van der Waals surface area contributed by atoms with Crippen LogP contribution >= 0.6 is 0 Å². The number of benzene rings is 1. The first-order valence-electron chi connectivity index (χ1n) is 5.23. The lowest BCUT2D eigenvalue weighted by molar-refractivity contribution is -0.130. The van der Waals surface area contributed by atoms with Crippen molar-refractivity contribution in [3.63, 3.8) is 0 Å².